The summed E-state index contributed by atoms with van der Waals surface area (Å²) >= 11 is 0. The van der Waals surface area contributed by atoms with Crippen LogP contribution in [0.4, 0.5) is 0 Å². The van der Waals surface area contributed by atoms with Crippen molar-refractivity contribution in [3.63, 3.8) is 0 Å². The van der Waals surface area contributed by atoms with Gasteiger partial charge >= 0.3 is 0 Å². The number of sulfonamides is 1. The third-order valence-corrected chi connectivity index (χ3v) is 7.03. The molecule has 1 spiro atoms. The molecule has 0 aromatic heterocycles. The summed E-state index contributed by atoms with van der Waals surface area (Å²) in [5.74, 6) is 0.673. The Morgan fingerprint density at radius 3 is 2.36 bits per heavy atom. The summed E-state index contributed by atoms with van der Waals surface area (Å²) in [6, 6.07) is 7.17. The normalized spacial score (nSPS) is 24.6. The van der Waals surface area contributed by atoms with Gasteiger partial charge < -0.3 is 9.64 Å². The van der Waals surface area contributed by atoms with Crippen molar-refractivity contribution in [2.75, 3.05) is 27.7 Å². The second-order valence-electron chi connectivity index (χ2n) is 6.59. The van der Waals surface area contributed by atoms with Crippen molar-refractivity contribution in [1.29, 1.82) is 0 Å². The van der Waals surface area contributed by atoms with Crippen LogP contribution in [0.15, 0.2) is 29.2 Å². The van der Waals surface area contributed by atoms with Crippen molar-refractivity contribution in [2.45, 2.75) is 42.2 Å². The van der Waals surface area contributed by atoms with Crippen LogP contribution in [0.25, 0.3) is 0 Å². The third kappa shape index (κ3) is 2.64. The summed E-state index contributed by atoms with van der Waals surface area (Å²) in [4.78, 5) is 2.58. The zero-order valence-corrected chi connectivity index (χ0v) is 14.3. The molecule has 0 bridgehead atoms. The van der Waals surface area contributed by atoms with Gasteiger partial charge in [0.2, 0.25) is 10.0 Å². The Bertz CT molecular complexity index is 636. The molecule has 1 aromatic carbocycles. The molecule has 1 unspecified atom stereocenters. The lowest BCUT2D eigenvalue weighted by atomic mass is 9.97. The first-order chi connectivity index (χ1) is 10.4. The maximum absolute atomic E-state index is 13.0. The van der Waals surface area contributed by atoms with Crippen molar-refractivity contribution < 1.29 is 13.2 Å². The van der Waals surface area contributed by atoms with E-state index in [1.807, 2.05) is 0 Å². The van der Waals surface area contributed by atoms with Crippen LogP contribution in [-0.4, -0.2) is 57.0 Å². The Balaban J connectivity index is 1.86. The SMILES string of the molecule is COc1ccc(S(=O)(=O)N2CCC(N(C)C)CC23CC3)cc1. The first kappa shape index (κ1) is 15.8. The van der Waals surface area contributed by atoms with Crippen molar-refractivity contribution in [3.8, 4) is 5.75 Å². The molecule has 1 aliphatic carbocycles. The third-order valence-electron chi connectivity index (χ3n) is 5.01. The van der Waals surface area contributed by atoms with E-state index in [9.17, 15) is 8.42 Å². The van der Waals surface area contributed by atoms with E-state index in [1.165, 1.54) is 0 Å². The van der Waals surface area contributed by atoms with Gasteiger partial charge in [-0.25, -0.2) is 8.42 Å². The number of nitrogens with zero attached hydrogens (tertiary/aromatic N) is 2. The van der Waals surface area contributed by atoms with Crippen LogP contribution < -0.4 is 4.74 Å². The highest BCUT2D eigenvalue weighted by Gasteiger charge is 2.56. The molecule has 22 heavy (non-hydrogen) atoms. The minimum Gasteiger partial charge on any atom is -0.497 e. The molecule has 2 fully saturated rings. The largest absolute Gasteiger partial charge is 0.497 e. The van der Waals surface area contributed by atoms with E-state index in [4.69, 9.17) is 4.74 Å². The zero-order chi connectivity index (χ0) is 16.0. The van der Waals surface area contributed by atoms with Gasteiger partial charge in [-0.3, -0.25) is 0 Å². The molecule has 6 heteroatoms. The average Bonchev–Trinajstić information content (AvgIpc) is 3.26. The number of hydrogen-bond donors (Lipinski definition) is 0. The van der Waals surface area contributed by atoms with E-state index in [0.29, 0.717) is 23.2 Å². The smallest absolute Gasteiger partial charge is 0.243 e. The highest BCUT2D eigenvalue weighted by atomic mass is 32.2. The molecule has 1 saturated heterocycles. The van der Waals surface area contributed by atoms with Gasteiger partial charge in [0.05, 0.1) is 12.0 Å². The molecule has 1 aliphatic heterocycles. The fourth-order valence-corrected chi connectivity index (χ4v) is 5.28. The average molecular weight is 324 g/mol. The van der Waals surface area contributed by atoms with Gasteiger partial charge in [0.25, 0.3) is 0 Å². The van der Waals surface area contributed by atoms with Crippen LogP contribution in [0, 0.1) is 0 Å². The first-order valence-electron chi connectivity index (χ1n) is 7.72. The molecule has 1 aromatic rings. The van der Waals surface area contributed by atoms with E-state index in [2.05, 4.69) is 19.0 Å². The monoisotopic (exact) mass is 324 g/mol. The van der Waals surface area contributed by atoms with Gasteiger partial charge in [0.15, 0.2) is 0 Å². The van der Waals surface area contributed by atoms with Gasteiger partial charge in [-0.05, 0) is 64.0 Å². The van der Waals surface area contributed by atoms with Crippen molar-refractivity contribution in [1.82, 2.24) is 9.21 Å². The second-order valence-corrected chi connectivity index (χ2v) is 8.45. The number of benzene rings is 1. The molecule has 2 aliphatic rings. The highest BCUT2D eigenvalue weighted by Crippen LogP contribution is 2.51. The summed E-state index contributed by atoms with van der Waals surface area (Å²) in [6.45, 7) is 0.608. The lowest BCUT2D eigenvalue weighted by molar-refractivity contribution is 0.136. The molecule has 1 saturated carbocycles. The molecular formula is C16H24N2O3S. The Morgan fingerprint density at radius 1 is 1.23 bits per heavy atom. The molecule has 1 atom stereocenters. The topological polar surface area (TPSA) is 49.9 Å². The summed E-state index contributed by atoms with van der Waals surface area (Å²) in [7, 11) is 2.31. The maximum Gasteiger partial charge on any atom is 0.243 e. The minimum atomic E-state index is -3.42. The molecule has 5 nitrogen and oxygen atoms in total. The molecule has 1 heterocycles. The van der Waals surface area contributed by atoms with Crippen molar-refractivity contribution in [2.24, 2.45) is 0 Å². The summed E-state index contributed by atoms with van der Waals surface area (Å²) in [5.41, 5.74) is -0.147. The fraction of sp³-hybridized carbons (Fsp3) is 0.625. The van der Waals surface area contributed by atoms with E-state index >= 15 is 0 Å². The quantitative estimate of drug-likeness (QED) is 0.849. The van der Waals surface area contributed by atoms with Gasteiger partial charge in [0, 0.05) is 18.1 Å². The maximum atomic E-state index is 13.0. The van der Waals surface area contributed by atoms with E-state index < -0.39 is 10.0 Å². The van der Waals surface area contributed by atoms with Crippen LogP contribution in [0.5, 0.6) is 5.75 Å². The Kier molecular flexibility index (Phi) is 3.95. The standard InChI is InChI=1S/C16H24N2O3S/c1-17(2)13-8-11-18(16(12-13)9-10-16)22(19,20)15-6-4-14(21-3)5-7-15/h4-7,13H,8-12H2,1-3H3. The second kappa shape index (κ2) is 5.51. The lowest BCUT2D eigenvalue weighted by Gasteiger charge is -2.41. The lowest BCUT2D eigenvalue weighted by Crippen LogP contribution is -2.52. The Labute approximate surface area is 132 Å². The van der Waals surface area contributed by atoms with Gasteiger partial charge in [-0.15, -0.1) is 0 Å². The zero-order valence-electron chi connectivity index (χ0n) is 13.4. The predicted octanol–water partition coefficient (Wildman–Crippen LogP) is 1.94. The van der Waals surface area contributed by atoms with Crippen LogP contribution in [0.3, 0.4) is 0 Å². The summed E-state index contributed by atoms with van der Waals surface area (Å²) in [6.07, 6.45) is 3.79. The summed E-state index contributed by atoms with van der Waals surface area (Å²) < 4.78 is 32.8. The van der Waals surface area contributed by atoms with Gasteiger partial charge in [-0.2, -0.15) is 4.31 Å². The Morgan fingerprint density at radius 2 is 1.86 bits per heavy atom. The number of rotatable bonds is 4. The molecule has 0 N–H and O–H groups in total. The minimum absolute atomic E-state index is 0.147. The molecule has 0 radical (unpaired) electrons. The number of methoxy groups -OCH3 is 1. The van der Waals surface area contributed by atoms with Crippen LogP contribution in [0.1, 0.15) is 25.7 Å². The highest BCUT2D eigenvalue weighted by molar-refractivity contribution is 7.89. The van der Waals surface area contributed by atoms with Gasteiger partial charge in [0.1, 0.15) is 5.75 Å². The molecule has 3 rings (SSSR count). The predicted molar refractivity (Wildman–Crippen MR) is 85.6 cm³/mol. The van der Waals surface area contributed by atoms with E-state index in [0.717, 1.165) is 25.7 Å². The fourth-order valence-electron chi connectivity index (χ4n) is 3.43. The van der Waals surface area contributed by atoms with Gasteiger partial charge in [-0.1, -0.05) is 0 Å². The van der Waals surface area contributed by atoms with Crippen LogP contribution in [-0.2, 0) is 10.0 Å². The number of piperidine rings is 1. The Hall–Kier alpha value is -1.11. The molecule has 122 valence electrons. The number of hydrogen-bond acceptors (Lipinski definition) is 4. The molecule has 0 amide bonds. The number of ether oxygens (including phenoxy) is 1. The first-order valence-corrected chi connectivity index (χ1v) is 9.16. The van der Waals surface area contributed by atoms with Crippen LogP contribution >= 0.6 is 0 Å². The van der Waals surface area contributed by atoms with E-state index in [1.54, 1.807) is 35.7 Å². The van der Waals surface area contributed by atoms with Crippen LogP contribution in [0.2, 0.25) is 0 Å². The van der Waals surface area contributed by atoms with Crippen molar-refractivity contribution in [3.05, 3.63) is 24.3 Å². The molecular weight excluding hydrogens is 300 g/mol. The summed E-state index contributed by atoms with van der Waals surface area (Å²) in [5, 5.41) is 0. The van der Waals surface area contributed by atoms with Crippen molar-refractivity contribution >= 4 is 10.0 Å². The van der Waals surface area contributed by atoms with E-state index in [-0.39, 0.29) is 5.54 Å².